The summed E-state index contributed by atoms with van der Waals surface area (Å²) in [5, 5.41) is 3.19. The van der Waals surface area contributed by atoms with E-state index in [1.54, 1.807) is 0 Å². The molecule has 0 aliphatic carbocycles. The van der Waals surface area contributed by atoms with Gasteiger partial charge in [-0.05, 0) is 63.4 Å². The maximum absolute atomic E-state index is 3.19. The van der Waals surface area contributed by atoms with E-state index in [0.717, 1.165) is 6.54 Å². The van der Waals surface area contributed by atoms with Crippen molar-refractivity contribution in [1.82, 2.24) is 5.32 Å². The van der Waals surface area contributed by atoms with Crippen molar-refractivity contribution in [2.75, 3.05) is 13.6 Å². The van der Waals surface area contributed by atoms with Crippen LogP contribution in [0.1, 0.15) is 42.4 Å². The molecule has 0 aromatic heterocycles. The van der Waals surface area contributed by atoms with E-state index in [9.17, 15) is 0 Å². The number of unbranched alkanes of at least 4 members (excludes halogenated alkanes) is 3. The van der Waals surface area contributed by atoms with E-state index in [1.807, 2.05) is 7.05 Å². The maximum atomic E-state index is 3.19. The van der Waals surface area contributed by atoms with Crippen LogP contribution in [0.15, 0.2) is 18.2 Å². The van der Waals surface area contributed by atoms with Crippen molar-refractivity contribution < 1.29 is 0 Å². The molecule has 1 heteroatoms. The van der Waals surface area contributed by atoms with Gasteiger partial charge in [0.15, 0.2) is 0 Å². The Labute approximate surface area is 100 Å². The quantitative estimate of drug-likeness (QED) is 0.691. The zero-order chi connectivity index (χ0) is 11.8. The van der Waals surface area contributed by atoms with Gasteiger partial charge in [-0.15, -0.1) is 0 Å². The van der Waals surface area contributed by atoms with Crippen molar-refractivity contribution in [2.45, 2.75) is 46.0 Å². The van der Waals surface area contributed by atoms with E-state index < -0.39 is 0 Å². The lowest BCUT2D eigenvalue weighted by Crippen LogP contribution is -2.06. The largest absolute Gasteiger partial charge is 0.320 e. The van der Waals surface area contributed by atoms with Crippen LogP contribution in [0.5, 0.6) is 0 Å². The molecular formula is C15H25N. The second kappa shape index (κ2) is 7.45. The molecule has 1 nitrogen and oxygen atoms in total. The average molecular weight is 219 g/mol. The molecule has 16 heavy (non-hydrogen) atoms. The number of aryl methyl sites for hydroxylation is 3. The van der Waals surface area contributed by atoms with Gasteiger partial charge in [0.05, 0.1) is 0 Å². The van der Waals surface area contributed by atoms with Gasteiger partial charge in [0, 0.05) is 0 Å². The molecule has 0 aliphatic rings. The van der Waals surface area contributed by atoms with Gasteiger partial charge in [0.25, 0.3) is 0 Å². The highest BCUT2D eigenvalue weighted by molar-refractivity contribution is 5.29. The van der Waals surface area contributed by atoms with E-state index in [-0.39, 0.29) is 0 Å². The predicted octanol–water partition coefficient (Wildman–Crippen LogP) is 3.63. The van der Waals surface area contributed by atoms with E-state index in [1.165, 1.54) is 48.8 Å². The third kappa shape index (κ3) is 4.80. The molecule has 0 radical (unpaired) electrons. The lowest BCUT2D eigenvalue weighted by molar-refractivity contribution is 0.616. The molecule has 0 spiro atoms. The summed E-state index contributed by atoms with van der Waals surface area (Å²) in [6, 6.07) is 6.85. The summed E-state index contributed by atoms with van der Waals surface area (Å²) >= 11 is 0. The van der Waals surface area contributed by atoms with Crippen molar-refractivity contribution in [3.05, 3.63) is 34.9 Å². The van der Waals surface area contributed by atoms with E-state index >= 15 is 0 Å². The minimum absolute atomic E-state index is 1.16. The molecule has 0 atom stereocenters. The molecule has 1 aromatic rings. The molecular weight excluding hydrogens is 194 g/mol. The number of hydrogen-bond acceptors (Lipinski definition) is 1. The summed E-state index contributed by atoms with van der Waals surface area (Å²) in [5.74, 6) is 0. The fourth-order valence-corrected chi connectivity index (χ4v) is 1.94. The standard InChI is InChI=1S/C15H25N/c1-13-9-10-15(12-14(13)2)8-6-4-5-7-11-16-3/h9-10,12,16H,4-8,11H2,1-3H3. The van der Waals surface area contributed by atoms with Gasteiger partial charge in [-0.2, -0.15) is 0 Å². The van der Waals surface area contributed by atoms with Gasteiger partial charge in [0.2, 0.25) is 0 Å². The average Bonchev–Trinajstić information content (AvgIpc) is 2.28. The third-order valence-corrected chi connectivity index (χ3v) is 3.21. The first-order valence-corrected chi connectivity index (χ1v) is 6.45. The highest BCUT2D eigenvalue weighted by atomic mass is 14.8. The number of hydrogen-bond donors (Lipinski definition) is 1. The fourth-order valence-electron chi connectivity index (χ4n) is 1.94. The molecule has 0 saturated carbocycles. The van der Waals surface area contributed by atoms with Gasteiger partial charge in [-0.25, -0.2) is 0 Å². The molecule has 0 amide bonds. The lowest BCUT2D eigenvalue weighted by Gasteiger charge is -2.05. The van der Waals surface area contributed by atoms with Gasteiger partial charge in [0.1, 0.15) is 0 Å². The van der Waals surface area contributed by atoms with Crippen molar-refractivity contribution in [1.29, 1.82) is 0 Å². The molecule has 0 heterocycles. The molecule has 0 saturated heterocycles. The first-order chi connectivity index (χ1) is 7.74. The van der Waals surface area contributed by atoms with Crippen LogP contribution in [-0.2, 0) is 6.42 Å². The van der Waals surface area contributed by atoms with Crippen LogP contribution in [0, 0.1) is 13.8 Å². The molecule has 0 unspecified atom stereocenters. The van der Waals surface area contributed by atoms with Crippen LogP contribution < -0.4 is 5.32 Å². The second-order valence-corrected chi connectivity index (χ2v) is 4.69. The van der Waals surface area contributed by atoms with Crippen LogP contribution in [0.4, 0.5) is 0 Å². The van der Waals surface area contributed by atoms with Crippen LogP contribution in [0.3, 0.4) is 0 Å². The van der Waals surface area contributed by atoms with Gasteiger partial charge >= 0.3 is 0 Å². The van der Waals surface area contributed by atoms with Gasteiger partial charge < -0.3 is 5.32 Å². The lowest BCUT2D eigenvalue weighted by atomic mass is 10.0. The van der Waals surface area contributed by atoms with Crippen LogP contribution >= 0.6 is 0 Å². The van der Waals surface area contributed by atoms with Crippen molar-refractivity contribution in [3.63, 3.8) is 0 Å². The summed E-state index contributed by atoms with van der Waals surface area (Å²) in [7, 11) is 2.02. The minimum atomic E-state index is 1.16. The number of rotatable bonds is 7. The predicted molar refractivity (Wildman–Crippen MR) is 72.0 cm³/mol. The fraction of sp³-hybridized carbons (Fsp3) is 0.600. The Morgan fingerprint density at radius 2 is 1.69 bits per heavy atom. The summed E-state index contributed by atoms with van der Waals surface area (Å²) in [5.41, 5.74) is 4.32. The van der Waals surface area contributed by atoms with Crippen molar-refractivity contribution in [3.8, 4) is 0 Å². The summed E-state index contributed by atoms with van der Waals surface area (Å²) in [6.07, 6.45) is 6.58. The van der Waals surface area contributed by atoms with E-state index in [2.05, 4.69) is 37.4 Å². The highest BCUT2D eigenvalue weighted by Gasteiger charge is 1.96. The first-order valence-electron chi connectivity index (χ1n) is 6.45. The Morgan fingerprint density at radius 1 is 0.938 bits per heavy atom. The van der Waals surface area contributed by atoms with Crippen LogP contribution in [-0.4, -0.2) is 13.6 Å². The number of nitrogens with one attached hydrogen (secondary N) is 1. The Bertz CT molecular complexity index is 304. The SMILES string of the molecule is CNCCCCCCc1ccc(C)c(C)c1. The van der Waals surface area contributed by atoms with Crippen LogP contribution in [0.2, 0.25) is 0 Å². The van der Waals surface area contributed by atoms with E-state index in [0.29, 0.717) is 0 Å². The summed E-state index contributed by atoms with van der Waals surface area (Å²) in [6.45, 7) is 5.53. The topological polar surface area (TPSA) is 12.0 Å². The molecule has 1 rings (SSSR count). The zero-order valence-corrected chi connectivity index (χ0v) is 11.0. The number of benzene rings is 1. The monoisotopic (exact) mass is 219 g/mol. The third-order valence-electron chi connectivity index (χ3n) is 3.21. The molecule has 1 N–H and O–H groups in total. The van der Waals surface area contributed by atoms with E-state index in [4.69, 9.17) is 0 Å². The second-order valence-electron chi connectivity index (χ2n) is 4.69. The maximum Gasteiger partial charge on any atom is -0.00519 e. The zero-order valence-electron chi connectivity index (χ0n) is 11.0. The Hall–Kier alpha value is -0.820. The van der Waals surface area contributed by atoms with Crippen molar-refractivity contribution in [2.24, 2.45) is 0 Å². The van der Waals surface area contributed by atoms with Crippen molar-refractivity contribution >= 4 is 0 Å². The molecule has 0 aliphatic heterocycles. The normalized spacial score (nSPS) is 10.7. The summed E-state index contributed by atoms with van der Waals surface area (Å²) < 4.78 is 0. The Balaban J connectivity index is 2.19. The van der Waals surface area contributed by atoms with Gasteiger partial charge in [-0.3, -0.25) is 0 Å². The Kier molecular flexibility index (Phi) is 6.17. The molecule has 1 aromatic carbocycles. The van der Waals surface area contributed by atoms with Gasteiger partial charge in [-0.1, -0.05) is 31.0 Å². The minimum Gasteiger partial charge on any atom is -0.320 e. The Morgan fingerprint density at radius 3 is 2.38 bits per heavy atom. The smallest absolute Gasteiger partial charge is 0.00519 e. The first kappa shape index (κ1) is 13.2. The highest BCUT2D eigenvalue weighted by Crippen LogP contribution is 2.13. The summed E-state index contributed by atoms with van der Waals surface area (Å²) in [4.78, 5) is 0. The van der Waals surface area contributed by atoms with Crippen LogP contribution in [0.25, 0.3) is 0 Å². The molecule has 0 fully saturated rings. The molecule has 90 valence electrons. The molecule has 0 bridgehead atoms.